The van der Waals surface area contributed by atoms with Crippen LogP contribution in [0.5, 0.6) is 5.75 Å². The first-order chi connectivity index (χ1) is 22.2. The van der Waals surface area contributed by atoms with Gasteiger partial charge < -0.3 is 29.7 Å². The van der Waals surface area contributed by atoms with Crippen molar-refractivity contribution >= 4 is 23.4 Å². The van der Waals surface area contributed by atoms with Crippen LogP contribution in [0.15, 0.2) is 78.9 Å². The Morgan fingerprint density at radius 1 is 1.02 bits per heavy atom. The number of ether oxygens (including phenoxy) is 2. The maximum absolute atomic E-state index is 14.3. The van der Waals surface area contributed by atoms with E-state index in [1.165, 1.54) is 0 Å². The van der Waals surface area contributed by atoms with E-state index in [0.717, 1.165) is 24.8 Å². The van der Waals surface area contributed by atoms with Gasteiger partial charge in [-0.2, -0.15) is 0 Å². The number of anilines is 1. The number of aliphatic hydroxyl groups is 1. The molecule has 0 fully saturated rings. The molecule has 0 saturated carbocycles. The van der Waals surface area contributed by atoms with Gasteiger partial charge in [-0.15, -0.1) is 0 Å². The van der Waals surface area contributed by atoms with E-state index in [2.05, 4.69) is 5.32 Å². The number of fused-ring (bicyclic) bond motifs is 1. The molecule has 3 amide bonds. The fraction of sp³-hybridized carbons (Fsp3) is 0.432. The number of carbonyl (C=O) groups is 3. The number of carbonyl (C=O) groups excluding carboxylic acids is 3. The molecule has 46 heavy (non-hydrogen) atoms. The minimum absolute atomic E-state index is 0.0111. The van der Waals surface area contributed by atoms with E-state index in [4.69, 9.17) is 9.47 Å². The van der Waals surface area contributed by atoms with Crippen LogP contribution < -0.4 is 10.1 Å². The molecule has 9 heteroatoms. The molecule has 3 aromatic carbocycles. The Labute approximate surface area is 272 Å². The van der Waals surface area contributed by atoms with Gasteiger partial charge in [0.2, 0.25) is 5.91 Å². The van der Waals surface area contributed by atoms with Gasteiger partial charge in [-0.05, 0) is 69.0 Å². The Hall–Kier alpha value is -4.21. The quantitative estimate of drug-likeness (QED) is 0.344. The summed E-state index contributed by atoms with van der Waals surface area (Å²) in [6.07, 6.45) is 2.25. The molecular weight excluding hydrogens is 582 g/mol. The number of benzene rings is 3. The summed E-state index contributed by atoms with van der Waals surface area (Å²) in [7, 11) is 1.78. The molecule has 0 unspecified atom stereocenters. The van der Waals surface area contributed by atoms with Crippen molar-refractivity contribution in [1.29, 1.82) is 0 Å². The number of rotatable bonds is 8. The predicted octanol–water partition coefficient (Wildman–Crippen LogP) is 5.44. The van der Waals surface area contributed by atoms with E-state index in [1.807, 2.05) is 50.2 Å². The molecule has 3 aromatic rings. The van der Waals surface area contributed by atoms with Crippen molar-refractivity contribution in [1.82, 2.24) is 9.80 Å². The lowest BCUT2D eigenvalue weighted by Crippen LogP contribution is -2.48. The summed E-state index contributed by atoms with van der Waals surface area (Å²) in [6, 6.07) is 23.1. The topological polar surface area (TPSA) is 108 Å². The first-order valence-corrected chi connectivity index (χ1v) is 16.1. The third-order valence-corrected chi connectivity index (χ3v) is 8.42. The number of nitrogens with zero attached hydrogens (tertiary/aromatic N) is 2. The molecule has 1 aliphatic rings. The number of amides is 3. The molecule has 2 N–H and O–H groups in total. The summed E-state index contributed by atoms with van der Waals surface area (Å²) in [4.78, 5) is 43.7. The van der Waals surface area contributed by atoms with Crippen molar-refractivity contribution < 1.29 is 29.0 Å². The first-order valence-electron chi connectivity index (χ1n) is 16.1. The number of hydrogen-bond acceptors (Lipinski definition) is 6. The van der Waals surface area contributed by atoms with Crippen molar-refractivity contribution in [3.05, 3.63) is 95.6 Å². The maximum Gasteiger partial charge on any atom is 0.258 e. The van der Waals surface area contributed by atoms with Crippen LogP contribution in [0, 0.1) is 5.92 Å². The van der Waals surface area contributed by atoms with Crippen LogP contribution in [0.1, 0.15) is 66.3 Å². The van der Waals surface area contributed by atoms with Crippen molar-refractivity contribution in [2.45, 2.75) is 64.7 Å². The number of nitrogens with one attached hydrogen (secondary N) is 1. The lowest BCUT2D eigenvalue weighted by Gasteiger charge is -2.36. The van der Waals surface area contributed by atoms with Gasteiger partial charge >= 0.3 is 0 Å². The van der Waals surface area contributed by atoms with Crippen LogP contribution >= 0.6 is 0 Å². The summed E-state index contributed by atoms with van der Waals surface area (Å²) in [5, 5.41) is 13.1. The molecule has 246 valence electrons. The molecule has 0 aliphatic carbocycles. The third kappa shape index (κ3) is 9.64. The minimum atomic E-state index is -0.506. The Balaban J connectivity index is 1.60. The van der Waals surface area contributed by atoms with Crippen molar-refractivity contribution in [3.63, 3.8) is 0 Å². The molecule has 0 saturated heterocycles. The van der Waals surface area contributed by atoms with E-state index in [1.54, 1.807) is 66.2 Å². The van der Waals surface area contributed by atoms with Crippen molar-refractivity contribution in [3.8, 4) is 5.75 Å². The van der Waals surface area contributed by atoms with Crippen LogP contribution in [0.4, 0.5) is 5.69 Å². The molecule has 0 radical (unpaired) electrons. The van der Waals surface area contributed by atoms with Crippen molar-refractivity contribution in [2.24, 2.45) is 5.92 Å². The van der Waals surface area contributed by atoms with E-state index >= 15 is 0 Å². The molecule has 4 rings (SSSR count). The normalized spacial score (nSPS) is 20.1. The van der Waals surface area contributed by atoms with E-state index < -0.39 is 6.04 Å². The van der Waals surface area contributed by atoms with Crippen LogP contribution in [0.25, 0.3) is 0 Å². The van der Waals surface area contributed by atoms with Crippen LogP contribution in [-0.2, 0) is 16.0 Å². The monoisotopic (exact) mass is 629 g/mol. The Bertz CT molecular complexity index is 1430. The zero-order valence-electron chi connectivity index (χ0n) is 27.4. The molecule has 1 aliphatic heterocycles. The van der Waals surface area contributed by atoms with Crippen LogP contribution in [-0.4, -0.2) is 84.2 Å². The summed E-state index contributed by atoms with van der Waals surface area (Å²) < 4.78 is 12.7. The second-order valence-electron chi connectivity index (χ2n) is 12.3. The highest BCUT2D eigenvalue weighted by molar-refractivity contribution is 6.05. The van der Waals surface area contributed by atoms with E-state index in [9.17, 15) is 19.5 Å². The number of likely N-dealkylation sites (N-methyl/N-ethyl adjacent to an activating group) is 1. The largest absolute Gasteiger partial charge is 0.490 e. The maximum atomic E-state index is 14.3. The van der Waals surface area contributed by atoms with Gasteiger partial charge in [-0.25, -0.2) is 0 Å². The summed E-state index contributed by atoms with van der Waals surface area (Å²) >= 11 is 0. The molecular formula is C37H47N3O6. The Morgan fingerprint density at radius 2 is 1.72 bits per heavy atom. The molecule has 1 heterocycles. The molecule has 0 spiro atoms. The Morgan fingerprint density at radius 3 is 2.41 bits per heavy atom. The van der Waals surface area contributed by atoms with Gasteiger partial charge in [0.25, 0.3) is 11.8 Å². The highest BCUT2D eigenvalue weighted by Crippen LogP contribution is 2.29. The Kier molecular flexibility index (Phi) is 12.7. The smallest absolute Gasteiger partial charge is 0.258 e. The summed E-state index contributed by atoms with van der Waals surface area (Å²) in [5.41, 5.74) is 2.21. The lowest BCUT2D eigenvalue weighted by molar-refractivity contribution is -0.131. The first kappa shape index (κ1) is 34.7. The third-order valence-electron chi connectivity index (χ3n) is 8.42. The SMILES string of the molecule is C[C@@H]1CCCCO[C@@H](CN(C)C(=O)Cc2ccccc2)[C@H](C)CN([C@@H](C)CO)C(=O)c2cc(NC(=O)c3ccccc3)ccc2O1. The second-order valence-corrected chi connectivity index (χ2v) is 12.3. The van der Waals surface area contributed by atoms with Gasteiger partial charge in [0.1, 0.15) is 5.75 Å². The van der Waals surface area contributed by atoms with Crippen LogP contribution in [0.2, 0.25) is 0 Å². The number of hydrogen-bond donors (Lipinski definition) is 2. The minimum Gasteiger partial charge on any atom is -0.490 e. The molecule has 0 aromatic heterocycles. The predicted molar refractivity (Wildman–Crippen MR) is 179 cm³/mol. The average Bonchev–Trinajstić information content (AvgIpc) is 3.06. The van der Waals surface area contributed by atoms with Gasteiger partial charge in [0.15, 0.2) is 0 Å². The van der Waals surface area contributed by atoms with Gasteiger partial charge in [0.05, 0.1) is 36.8 Å². The van der Waals surface area contributed by atoms with E-state index in [0.29, 0.717) is 42.1 Å². The van der Waals surface area contributed by atoms with Gasteiger partial charge in [-0.3, -0.25) is 14.4 Å². The zero-order valence-corrected chi connectivity index (χ0v) is 27.4. The second kappa shape index (κ2) is 16.9. The van der Waals surface area contributed by atoms with Gasteiger partial charge in [0, 0.05) is 43.9 Å². The standard InChI is InChI=1S/C37H47N3O6/c1-26-23-40(27(2)25-41)37(44)32-22-31(38-36(43)30-16-9-6-10-17-30)18-19-33(32)46-28(3)13-11-12-20-45-34(26)24-39(4)35(42)21-29-14-7-5-8-15-29/h5-10,14-19,22,26-28,34,41H,11-13,20-21,23-25H2,1-4H3,(H,38,43)/t26-,27+,28-,34+/m1/s1. The highest BCUT2D eigenvalue weighted by atomic mass is 16.5. The number of aliphatic hydroxyl groups excluding tert-OH is 1. The zero-order chi connectivity index (χ0) is 33.1. The molecule has 4 atom stereocenters. The fourth-order valence-electron chi connectivity index (χ4n) is 5.53. The molecule has 0 bridgehead atoms. The van der Waals surface area contributed by atoms with Gasteiger partial charge in [-0.1, -0.05) is 55.5 Å². The average molecular weight is 630 g/mol. The van der Waals surface area contributed by atoms with Crippen LogP contribution in [0.3, 0.4) is 0 Å². The fourth-order valence-corrected chi connectivity index (χ4v) is 5.53. The summed E-state index contributed by atoms with van der Waals surface area (Å²) in [6.45, 7) is 6.70. The lowest BCUT2D eigenvalue weighted by atomic mass is 10.0. The summed E-state index contributed by atoms with van der Waals surface area (Å²) in [5.74, 6) is -0.367. The highest BCUT2D eigenvalue weighted by Gasteiger charge is 2.31. The van der Waals surface area contributed by atoms with E-state index in [-0.39, 0.29) is 49.0 Å². The molecule has 9 nitrogen and oxygen atoms in total. The van der Waals surface area contributed by atoms with Crippen molar-refractivity contribution in [2.75, 3.05) is 38.7 Å².